The van der Waals surface area contributed by atoms with Crippen molar-refractivity contribution in [3.63, 3.8) is 0 Å². The van der Waals surface area contributed by atoms with E-state index >= 15 is 0 Å². The molecule has 0 spiro atoms. The van der Waals surface area contributed by atoms with Gasteiger partial charge in [0.2, 0.25) is 6.23 Å². The minimum atomic E-state index is -1.87. The number of rotatable bonds is 5. The van der Waals surface area contributed by atoms with Gasteiger partial charge in [-0.3, -0.25) is 29.5 Å². The van der Waals surface area contributed by atoms with Crippen molar-refractivity contribution in [3.8, 4) is 0 Å². The second kappa shape index (κ2) is 5.77. The van der Waals surface area contributed by atoms with Gasteiger partial charge in [-0.1, -0.05) is 12.1 Å². The Labute approximate surface area is 123 Å². The highest BCUT2D eigenvalue weighted by molar-refractivity contribution is 6.04. The van der Waals surface area contributed by atoms with Crippen molar-refractivity contribution >= 4 is 23.6 Å². The van der Waals surface area contributed by atoms with E-state index in [-0.39, 0.29) is 12.2 Å². The molecule has 10 heteroatoms. The number of urea groups is 1. The summed E-state index contributed by atoms with van der Waals surface area (Å²) in [6.07, 6.45) is -1.87. The number of benzene rings is 1. The van der Waals surface area contributed by atoms with Crippen molar-refractivity contribution in [2.45, 2.75) is 12.8 Å². The van der Waals surface area contributed by atoms with E-state index in [1.165, 1.54) is 24.3 Å². The third-order valence-electron chi connectivity index (χ3n) is 3.03. The predicted octanol–water partition coefficient (Wildman–Crippen LogP) is -0.238. The molecule has 1 unspecified atom stereocenters. The van der Waals surface area contributed by atoms with Crippen molar-refractivity contribution in [2.24, 2.45) is 0 Å². The third-order valence-corrected chi connectivity index (χ3v) is 3.03. The molecule has 1 aromatic rings. The van der Waals surface area contributed by atoms with E-state index in [4.69, 9.17) is 5.11 Å². The first kappa shape index (κ1) is 15.4. The number of non-ortho nitro benzene ring substituents is 1. The number of amides is 3. The maximum Gasteiger partial charge on any atom is 0.330 e. The van der Waals surface area contributed by atoms with Gasteiger partial charge in [-0.2, -0.15) is 0 Å². The molecule has 2 rings (SSSR count). The number of aliphatic carboxylic acids is 1. The fourth-order valence-electron chi connectivity index (χ4n) is 2.02. The number of nitrogens with zero attached hydrogens (tertiary/aromatic N) is 3. The van der Waals surface area contributed by atoms with Gasteiger partial charge in [0.05, 0.1) is 11.5 Å². The molecular weight excluding hydrogens is 298 g/mol. The van der Waals surface area contributed by atoms with Gasteiger partial charge >= 0.3 is 12.0 Å². The van der Waals surface area contributed by atoms with Gasteiger partial charge in [-0.05, 0) is 5.56 Å². The fraction of sp³-hybridized carbons (Fsp3) is 0.250. The molecule has 1 atom stereocenters. The topological polar surface area (TPSA) is 141 Å². The highest BCUT2D eigenvalue weighted by atomic mass is 16.6. The molecule has 10 nitrogen and oxygen atoms in total. The molecule has 116 valence electrons. The minimum Gasteiger partial charge on any atom is -0.480 e. The summed E-state index contributed by atoms with van der Waals surface area (Å²) in [7, 11) is 0. The van der Waals surface area contributed by atoms with Crippen LogP contribution in [0.25, 0.3) is 0 Å². The molecule has 22 heavy (non-hydrogen) atoms. The Hall–Kier alpha value is -3.01. The zero-order valence-electron chi connectivity index (χ0n) is 11.1. The second-order valence-corrected chi connectivity index (χ2v) is 4.53. The Morgan fingerprint density at radius 2 is 2.05 bits per heavy atom. The van der Waals surface area contributed by atoms with E-state index in [9.17, 15) is 29.6 Å². The quantitative estimate of drug-likeness (QED) is 0.434. The summed E-state index contributed by atoms with van der Waals surface area (Å²) in [4.78, 5) is 45.6. The van der Waals surface area contributed by atoms with Crippen LogP contribution in [0.5, 0.6) is 0 Å². The van der Waals surface area contributed by atoms with Crippen molar-refractivity contribution in [3.05, 3.63) is 39.9 Å². The predicted molar refractivity (Wildman–Crippen MR) is 69.4 cm³/mol. The molecule has 0 saturated carbocycles. The van der Waals surface area contributed by atoms with Crippen molar-refractivity contribution in [1.29, 1.82) is 0 Å². The maximum absolute atomic E-state index is 12.0. The van der Waals surface area contributed by atoms with Crippen LogP contribution in [0, 0.1) is 10.1 Å². The highest BCUT2D eigenvalue weighted by Crippen LogP contribution is 2.20. The average molecular weight is 309 g/mol. The van der Waals surface area contributed by atoms with Crippen LogP contribution < -0.4 is 0 Å². The van der Waals surface area contributed by atoms with Gasteiger partial charge in [0.25, 0.3) is 11.6 Å². The molecule has 1 aliphatic heterocycles. The summed E-state index contributed by atoms with van der Waals surface area (Å²) in [6, 6.07) is 4.34. The SMILES string of the molecule is O=C(O)CN1C(=O)N(Cc2cccc([N+](=O)[O-])c2)C(=O)C1O. The van der Waals surface area contributed by atoms with E-state index < -0.39 is 35.6 Å². The molecule has 0 radical (unpaired) electrons. The number of aliphatic hydroxyl groups excluding tert-OH is 1. The van der Waals surface area contributed by atoms with E-state index in [1.807, 2.05) is 0 Å². The molecule has 1 aliphatic rings. The summed E-state index contributed by atoms with van der Waals surface area (Å²) in [6.45, 7) is -1.12. The van der Waals surface area contributed by atoms with Crippen LogP contribution in [0.2, 0.25) is 0 Å². The Morgan fingerprint density at radius 1 is 1.36 bits per heavy atom. The lowest BCUT2D eigenvalue weighted by Gasteiger charge is -2.15. The highest BCUT2D eigenvalue weighted by Gasteiger charge is 2.44. The summed E-state index contributed by atoms with van der Waals surface area (Å²) < 4.78 is 0. The zero-order chi connectivity index (χ0) is 16.4. The number of carbonyl (C=O) groups excluding carboxylic acids is 2. The largest absolute Gasteiger partial charge is 0.480 e. The third kappa shape index (κ3) is 2.86. The van der Waals surface area contributed by atoms with Crippen LogP contribution in [0.3, 0.4) is 0 Å². The first-order chi connectivity index (χ1) is 10.3. The van der Waals surface area contributed by atoms with Crippen molar-refractivity contribution < 1.29 is 29.5 Å². The smallest absolute Gasteiger partial charge is 0.330 e. The molecule has 1 aromatic carbocycles. The van der Waals surface area contributed by atoms with Crippen molar-refractivity contribution in [1.82, 2.24) is 9.80 Å². The van der Waals surface area contributed by atoms with Gasteiger partial charge < -0.3 is 10.2 Å². The van der Waals surface area contributed by atoms with Gasteiger partial charge in [0.1, 0.15) is 6.54 Å². The second-order valence-electron chi connectivity index (χ2n) is 4.53. The van der Waals surface area contributed by atoms with Crippen LogP contribution >= 0.6 is 0 Å². The van der Waals surface area contributed by atoms with Crippen molar-refractivity contribution in [2.75, 3.05) is 6.54 Å². The lowest BCUT2D eigenvalue weighted by Crippen LogP contribution is -2.38. The van der Waals surface area contributed by atoms with E-state index in [0.717, 1.165) is 0 Å². The molecule has 2 N–H and O–H groups in total. The van der Waals surface area contributed by atoms with Gasteiger partial charge in [-0.15, -0.1) is 0 Å². The van der Waals surface area contributed by atoms with E-state index in [1.54, 1.807) is 0 Å². The summed E-state index contributed by atoms with van der Waals surface area (Å²) in [5, 5.41) is 29.0. The number of imide groups is 1. The number of carbonyl (C=O) groups is 3. The standard InChI is InChI=1S/C12H11N3O7/c16-9(17)6-14-11(19)10(18)13(12(14)20)5-7-2-1-3-8(4-7)15(21)22/h1-4,11,19H,5-6H2,(H,16,17). The Bertz CT molecular complexity index is 660. The molecule has 0 aromatic heterocycles. The Balaban J connectivity index is 2.21. The summed E-state index contributed by atoms with van der Waals surface area (Å²) in [5.74, 6) is -2.35. The number of nitro groups is 1. The fourth-order valence-corrected chi connectivity index (χ4v) is 2.02. The molecule has 1 fully saturated rings. The maximum atomic E-state index is 12.0. The number of carboxylic acids is 1. The number of hydrogen-bond donors (Lipinski definition) is 2. The summed E-state index contributed by atoms with van der Waals surface area (Å²) in [5.41, 5.74) is 0.0970. The van der Waals surface area contributed by atoms with Gasteiger partial charge in [0.15, 0.2) is 0 Å². The monoisotopic (exact) mass is 309 g/mol. The number of aliphatic hydroxyl groups is 1. The Morgan fingerprint density at radius 3 is 2.64 bits per heavy atom. The van der Waals surface area contributed by atoms with E-state index in [2.05, 4.69) is 0 Å². The van der Waals surface area contributed by atoms with Gasteiger partial charge in [0, 0.05) is 12.1 Å². The number of carboxylic acid groups (broad SMARTS) is 1. The molecule has 0 bridgehead atoms. The van der Waals surface area contributed by atoms with Crippen LogP contribution in [-0.2, 0) is 16.1 Å². The minimum absolute atomic E-state index is 0.209. The number of hydrogen-bond acceptors (Lipinski definition) is 6. The normalized spacial score (nSPS) is 18.0. The average Bonchev–Trinajstić information content (AvgIpc) is 2.65. The zero-order valence-corrected chi connectivity index (χ0v) is 11.1. The summed E-state index contributed by atoms with van der Waals surface area (Å²) >= 11 is 0. The molecular formula is C12H11N3O7. The lowest BCUT2D eigenvalue weighted by atomic mass is 10.2. The van der Waals surface area contributed by atoms with Crippen LogP contribution in [0.1, 0.15) is 5.56 Å². The van der Waals surface area contributed by atoms with E-state index in [0.29, 0.717) is 15.4 Å². The van der Waals surface area contributed by atoms with Crippen LogP contribution in [-0.4, -0.2) is 55.6 Å². The van der Waals surface area contributed by atoms with Crippen LogP contribution in [0.15, 0.2) is 24.3 Å². The Kier molecular flexibility index (Phi) is 4.04. The molecule has 0 aliphatic carbocycles. The first-order valence-electron chi connectivity index (χ1n) is 6.06. The molecule has 1 saturated heterocycles. The first-order valence-corrected chi connectivity index (χ1v) is 6.06. The van der Waals surface area contributed by atoms with Gasteiger partial charge in [-0.25, -0.2) is 4.79 Å². The molecule has 3 amide bonds. The molecule has 1 heterocycles. The lowest BCUT2D eigenvalue weighted by molar-refractivity contribution is -0.384. The number of nitro benzene ring substituents is 1. The van der Waals surface area contributed by atoms with Crippen LogP contribution in [0.4, 0.5) is 10.5 Å².